The number of alkyl halides is 1. The van der Waals surface area contributed by atoms with E-state index in [1.54, 1.807) is 12.3 Å². The van der Waals surface area contributed by atoms with E-state index in [4.69, 9.17) is 21.1 Å². The Hall–Kier alpha value is -0.610. The summed E-state index contributed by atoms with van der Waals surface area (Å²) in [5.41, 5.74) is 0. The zero-order chi connectivity index (χ0) is 11.3. The van der Waals surface area contributed by atoms with Gasteiger partial charge in [-0.25, -0.2) is 4.39 Å². The lowest BCUT2D eigenvalue weighted by atomic mass is 10.3. The van der Waals surface area contributed by atoms with Crippen LogP contribution in [0.3, 0.4) is 0 Å². The molecule has 0 radical (unpaired) electrons. The van der Waals surface area contributed by atoms with E-state index < -0.39 is 0 Å². The van der Waals surface area contributed by atoms with Crippen molar-refractivity contribution in [1.82, 2.24) is 0 Å². The Morgan fingerprint density at radius 3 is 2.67 bits per heavy atom. The van der Waals surface area contributed by atoms with Gasteiger partial charge in [-0.2, -0.15) is 0 Å². The second-order valence-electron chi connectivity index (χ2n) is 2.68. The highest BCUT2D eigenvalue weighted by molar-refractivity contribution is 7.98. The fraction of sp³-hybridized carbons (Fsp3) is 0.400. The summed E-state index contributed by atoms with van der Waals surface area (Å²) in [6.07, 6.45) is 1.80. The van der Waals surface area contributed by atoms with Gasteiger partial charge in [-0.3, -0.25) is 0 Å². The van der Waals surface area contributed by atoms with E-state index in [0.717, 1.165) is 0 Å². The van der Waals surface area contributed by atoms with Crippen LogP contribution < -0.4 is 9.47 Å². The van der Waals surface area contributed by atoms with E-state index in [9.17, 15) is 4.39 Å². The second-order valence-corrected chi connectivity index (χ2v) is 3.90. The van der Waals surface area contributed by atoms with Gasteiger partial charge in [0.05, 0.1) is 13.0 Å². The largest absolute Gasteiger partial charge is 0.493 e. The van der Waals surface area contributed by atoms with Crippen LogP contribution in [0.25, 0.3) is 0 Å². The number of hydrogen-bond acceptors (Lipinski definition) is 3. The summed E-state index contributed by atoms with van der Waals surface area (Å²) in [5.74, 6) is 0.946. The summed E-state index contributed by atoms with van der Waals surface area (Å²) < 4.78 is 23.7. The normalized spacial score (nSPS) is 10.1. The average Bonchev–Trinajstić information content (AvgIpc) is 2.26. The zero-order valence-electron chi connectivity index (χ0n) is 8.55. The Morgan fingerprint density at radius 1 is 1.40 bits per heavy atom. The fourth-order valence-corrected chi connectivity index (χ4v) is 1.65. The molecule has 1 aromatic rings. The van der Waals surface area contributed by atoms with Crippen LogP contribution in [0.2, 0.25) is 0 Å². The van der Waals surface area contributed by atoms with Gasteiger partial charge in [0.2, 0.25) is 0 Å². The molecular weight excluding hydrogens is 239 g/mol. The predicted octanol–water partition coefficient (Wildman–Crippen LogP) is 3.17. The predicted molar refractivity (Wildman–Crippen MR) is 60.9 cm³/mol. The van der Waals surface area contributed by atoms with Gasteiger partial charge in [-0.05, 0) is 6.26 Å². The van der Waals surface area contributed by atoms with Crippen molar-refractivity contribution in [3.8, 4) is 11.5 Å². The molecule has 0 aliphatic heterocycles. The van der Waals surface area contributed by atoms with Crippen molar-refractivity contribution in [2.24, 2.45) is 0 Å². The first-order chi connectivity index (χ1) is 7.22. The zero-order valence-corrected chi connectivity index (χ0v) is 10.1. The van der Waals surface area contributed by atoms with Crippen LogP contribution in [0.5, 0.6) is 11.5 Å². The van der Waals surface area contributed by atoms with Crippen molar-refractivity contribution in [1.29, 1.82) is 0 Å². The minimum atomic E-state index is -0.312. The maximum Gasteiger partial charge on any atom is 0.164 e. The van der Waals surface area contributed by atoms with Gasteiger partial charge in [-0.1, -0.05) is 0 Å². The topological polar surface area (TPSA) is 18.5 Å². The van der Waals surface area contributed by atoms with Crippen LogP contribution in [0.1, 0.15) is 0 Å². The molecule has 0 unspecified atom stereocenters. The number of thioether (sulfide) groups is 1. The van der Waals surface area contributed by atoms with E-state index in [-0.39, 0.29) is 5.82 Å². The fourth-order valence-electron chi connectivity index (χ4n) is 1.09. The van der Waals surface area contributed by atoms with E-state index in [1.807, 2.05) is 0 Å². The van der Waals surface area contributed by atoms with Crippen LogP contribution in [0.15, 0.2) is 17.0 Å². The molecule has 0 saturated heterocycles. The maximum absolute atomic E-state index is 13.4. The van der Waals surface area contributed by atoms with E-state index in [1.165, 1.54) is 24.9 Å². The first-order valence-electron chi connectivity index (χ1n) is 4.33. The number of ether oxygens (including phenoxy) is 2. The Balaban J connectivity index is 2.98. The summed E-state index contributed by atoms with van der Waals surface area (Å²) in [4.78, 5) is 0.532. The summed E-state index contributed by atoms with van der Waals surface area (Å²) >= 11 is 6.80. The van der Waals surface area contributed by atoms with Crippen molar-refractivity contribution < 1.29 is 13.9 Å². The molecule has 0 spiro atoms. The van der Waals surface area contributed by atoms with Crippen molar-refractivity contribution in [3.63, 3.8) is 0 Å². The van der Waals surface area contributed by atoms with Gasteiger partial charge in [-0.15, -0.1) is 23.4 Å². The summed E-state index contributed by atoms with van der Waals surface area (Å²) in [6, 6.07) is 2.93. The first kappa shape index (κ1) is 12.5. The Labute approximate surface area is 97.7 Å². The van der Waals surface area contributed by atoms with E-state index >= 15 is 0 Å². The molecule has 2 nitrogen and oxygen atoms in total. The number of methoxy groups -OCH3 is 1. The monoisotopic (exact) mass is 250 g/mol. The Morgan fingerprint density at radius 2 is 2.13 bits per heavy atom. The SMILES string of the molecule is COc1cc(SC)c(F)cc1OCCCl. The molecule has 0 heterocycles. The molecule has 15 heavy (non-hydrogen) atoms. The molecule has 0 bridgehead atoms. The molecule has 0 amide bonds. The van der Waals surface area contributed by atoms with Crippen LogP contribution >= 0.6 is 23.4 Å². The van der Waals surface area contributed by atoms with Crippen molar-refractivity contribution in [2.75, 3.05) is 25.9 Å². The average molecular weight is 251 g/mol. The van der Waals surface area contributed by atoms with Crippen LogP contribution in [0, 0.1) is 5.82 Å². The molecule has 0 aliphatic carbocycles. The van der Waals surface area contributed by atoms with Crippen molar-refractivity contribution in [2.45, 2.75) is 4.90 Å². The minimum absolute atomic E-state index is 0.312. The van der Waals surface area contributed by atoms with Crippen molar-refractivity contribution in [3.05, 3.63) is 17.9 Å². The minimum Gasteiger partial charge on any atom is -0.493 e. The number of benzene rings is 1. The highest BCUT2D eigenvalue weighted by atomic mass is 35.5. The third-order valence-electron chi connectivity index (χ3n) is 1.77. The molecule has 0 aliphatic rings. The molecule has 0 N–H and O–H groups in total. The van der Waals surface area contributed by atoms with Crippen LogP contribution in [0.4, 0.5) is 4.39 Å². The molecule has 0 fully saturated rings. The van der Waals surface area contributed by atoms with Gasteiger partial charge in [0.15, 0.2) is 11.5 Å². The summed E-state index contributed by atoms with van der Waals surface area (Å²) in [6.45, 7) is 0.329. The lowest BCUT2D eigenvalue weighted by Gasteiger charge is -2.11. The lowest BCUT2D eigenvalue weighted by molar-refractivity contribution is 0.309. The molecule has 1 rings (SSSR count). The Kier molecular flexibility index (Phi) is 5.05. The van der Waals surface area contributed by atoms with Crippen LogP contribution in [-0.2, 0) is 0 Å². The number of halogens is 2. The standard InChI is InChI=1S/C10H12ClFO2S/c1-13-8-6-10(15-2)7(12)5-9(8)14-4-3-11/h5-6H,3-4H2,1-2H3. The van der Waals surface area contributed by atoms with Crippen LogP contribution in [-0.4, -0.2) is 25.9 Å². The van der Waals surface area contributed by atoms with Gasteiger partial charge in [0, 0.05) is 17.0 Å². The number of rotatable bonds is 5. The third kappa shape index (κ3) is 3.18. The van der Waals surface area contributed by atoms with Gasteiger partial charge in [0.1, 0.15) is 12.4 Å². The molecule has 0 saturated carbocycles. The quantitative estimate of drug-likeness (QED) is 0.591. The molecule has 1 aromatic carbocycles. The highest BCUT2D eigenvalue weighted by Crippen LogP contribution is 2.33. The molecule has 84 valence electrons. The van der Waals surface area contributed by atoms with Gasteiger partial charge < -0.3 is 9.47 Å². The number of hydrogen-bond donors (Lipinski definition) is 0. The molecule has 0 aromatic heterocycles. The van der Waals surface area contributed by atoms with Gasteiger partial charge in [0.25, 0.3) is 0 Å². The van der Waals surface area contributed by atoms with Crippen molar-refractivity contribution >= 4 is 23.4 Å². The summed E-state index contributed by atoms with van der Waals surface area (Å²) in [7, 11) is 1.52. The Bertz CT molecular complexity index is 333. The molecular formula is C10H12ClFO2S. The van der Waals surface area contributed by atoms with E-state index in [2.05, 4.69) is 0 Å². The van der Waals surface area contributed by atoms with E-state index in [0.29, 0.717) is 28.9 Å². The summed E-state index contributed by atoms with van der Waals surface area (Å²) in [5, 5.41) is 0. The molecule has 5 heteroatoms. The van der Waals surface area contributed by atoms with Gasteiger partial charge >= 0.3 is 0 Å². The highest BCUT2D eigenvalue weighted by Gasteiger charge is 2.10. The maximum atomic E-state index is 13.4. The third-order valence-corrected chi connectivity index (χ3v) is 2.68. The molecule has 0 atom stereocenters. The lowest BCUT2D eigenvalue weighted by Crippen LogP contribution is -2.01. The smallest absolute Gasteiger partial charge is 0.164 e. The first-order valence-corrected chi connectivity index (χ1v) is 6.09. The second kappa shape index (κ2) is 6.08.